The zero-order valence-electron chi connectivity index (χ0n) is 9.72. The summed E-state index contributed by atoms with van der Waals surface area (Å²) in [6.07, 6.45) is -0.0552. The van der Waals surface area contributed by atoms with Crippen LogP contribution in [0.2, 0.25) is 5.02 Å². The monoisotopic (exact) mass is 266 g/mol. The highest BCUT2D eigenvalue weighted by molar-refractivity contribution is 6.32. The van der Waals surface area contributed by atoms with E-state index in [0.29, 0.717) is 22.9 Å². The second kappa shape index (κ2) is 5.15. The van der Waals surface area contributed by atoms with Gasteiger partial charge in [-0.1, -0.05) is 11.6 Å². The summed E-state index contributed by atoms with van der Waals surface area (Å²) >= 11 is 6.00. The van der Waals surface area contributed by atoms with Gasteiger partial charge in [-0.3, -0.25) is 4.90 Å². The summed E-state index contributed by atoms with van der Waals surface area (Å²) in [5, 5.41) is 9.43. The summed E-state index contributed by atoms with van der Waals surface area (Å²) < 4.78 is 9.97. The van der Waals surface area contributed by atoms with Crippen molar-refractivity contribution in [2.45, 2.75) is 12.5 Å². The van der Waals surface area contributed by atoms with Gasteiger partial charge in [0.15, 0.2) is 0 Å². The van der Waals surface area contributed by atoms with Crippen LogP contribution in [0, 0.1) is 11.3 Å². The highest BCUT2D eigenvalue weighted by Gasteiger charge is 2.31. The van der Waals surface area contributed by atoms with Crippen LogP contribution in [-0.2, 0) is 4.74 Å². The van der Waals surface area contributed by atoms with Crippen LogP contribution in [0.4, 0.5) is 10.5 Å². The Morgan fingerprint density at radius 3 is 3.00 bits per heavy atom. The van der Waals surface area contributed by atoms with Crippen molar-refractivity contribution in [3.8, 4) is 11.8 Å². The molecule has 0 bridgehead atoms. The van der Waals surface area contributed by atoms with Gasteiger partial charge in [0, 0.05) is 6.42 Å². The van der Waals surface area contributed by atoms with Crippen LogP contribution in [0.1, 0.15) is 6.42 Å². The molecule has 18 heavy (non-hydrogen) atoms. The van der Waals surface area contributed by atoms with Crippen LogP contribution in [0.25, 0.3) is 0 Å². The molecule has 0 spiro atoms. The van der Waals surface area contributed by atoms with E-state index in [0.717, 1.165) is 0 Å². The minimum absolute atomic E-state index is 0.261. The van der Waals surface area contributed by atoms with Gasteiger partial charge in [-0.25, -0.2) is 4.79 Å². The maximum Gasteiger partial charge on any atom is 0.415 e. The van der Waals surface area contributed by atoms with E-state index in [1.54, 1.807) is 18.2 Å². The Hall–Kier alpha value is -1.93. The van der Waals surface area contributed by atoms with E-state index < -0.39 is 12.1 Å². The zero-order valence-corrected chi connectivity index (χ0v) is 10.5. The highest BCUT2D eigenvalue weighted by atomic mass is 35.5. The molecule has 94 valence electrons. The molecule has 0 aromatic heterocycles. The molecule has 1 unspecified atom stereocenters. The lowest BCUT2D eigenvalue weighted by molar-refractivity contribution is 0.134. The summed E-state index contributed by atoms with van der Waals surface area (Å²) in [4.78, 5) is 13.0. The van der Waals surface area contributed by atoms with Crippen molar-refractivity contribution in [3.63, 3.8) is 0 Å². The van der Waals surface area contributed by atoms with Gasteiger partial charge in [-0.15, -0.1) is 0 Å². The van der Waals surface area contributed by atoms with Gasteiger partial charge in [0.25, 0.3) is 0 Å². The van der Waals surface area contributed by atoms with Crippen LogP contribution in [0.15, 0.2) is 18.2 Å². The maximum atomic E-state index is 11.7. The number of ether oxygens (including phenoxy) is 2. The van der Waals surface area contributed by atoms with E-state index in [1.807, 2.05) is 0 Å². The Balaban J connectivity index is 2.37. The maximum absolute atomic E-state index is 11.7. The second-order valence-corrected chi connectivity index (χ2v) is 4.14. The molecule has 0 aliphatic carbocycles. The average Bonchev–Trinajstić information content (AvgIpc) is 2.38. The second-order valence-electron chi connectivity index (χ2n) is 3.74. The van der Waals surface area contributed by atoms with E-state index >= 15 is 0 Å². The van der Waals surface area contributed by atoms with Gasteiger partial charge in [-0.2, -0.15) is 5.26 Å². The number of rotatable bonds is 2. The molecule has 0 radical (unpaired) electrons. The summed E-state index contributed by atoms with van der Waals surface area (Å²) in [6, 6.07) is 6.45. The fourth-order valence-corrected chi connectivity index (χ4v) is 2.05. The van der Waals surface area contributed by atoms with Crippen LogP contribution in [-0.4, -0.2) is 25.9 Å². The number of hydrogen-bond donors (Lipinski definition) is 0. The molecule has 1 aliphatic rings. The van der Waals surface area contributed by atoms with Crippen LogP contribution in [0.5, 0.6) is 5.75 Å². The van der Waals surface area contributed by atoms with Crippen molar-refractivity contribution in [1.29, 1.82) is 5.26 Å². The van der Waals surface area contributed by atoms with Gasteiger partial charge < -0.3 is 9.47 Å². The molecule has 6 heteroatoms. The lowest BCUT2D eigenvalue weighted by atomic mass is 10.1. The lowest BCUT2D eigenvalue weighted by Crippen LogP contribution is -2.45. The van der Waals surface area contributed by atoms with Crippen LogP contribution >= 0.6 is 11.6 Å². The highest BCUT2D eigenvalue weighted by Crippen LogP contribution is 2.31. The average molecular weight is 267 g/mol. The number of carbonyl (C=O) groups is 1. The number of hydrogen-bond acceptors (Lipinski definition) is 4. The number of carbonyl (C=O) groups excluding carboxylic acids is 1. The number of halogens is 1. The first-order valence-corrected chi connectivity index (χ1v) is 5.74. The summed E-state index contributed by atoms with van der Waals surface area (Å²) in [7, 11) is 1.51. The fraction of sp³-hybridized carbons (Fsp3) is 0.333. The van der Waals surface area contributed by atoms with Crippen molar-refractivity contribution >= 4 is 23.4 Å². The first-order chi connectivity index (χ1) is 8.67. The van der Waals surface area contributed by atoms with E-state index in [4.69, 9.17) is 26.3 Å². The normalized spacial score (nSPS) is 19.1. The number of anilines is 1. The minimum Gasteiger partial charge on any atom is -0.495 e. The Bertz CT molecular complexity index is 513. The smallest absolute Gasteiger partial charge is 0.415 e. The van der Waals surface area contributed by atoms with Crippen molar-refractivity contribution in [2.24, 2.45) is 0 Å². The number of amides is 1. The lowest BCUT2D eigenvalue weighted by Gasteiger charge is -2.30. The van der Waals surface area contributed by atoms with Crippen molar-refractivity contribution in [1.82, 2.24) is 0 Å². The zero-order chi connectivity index (χ0) is 13.1. The molecule has 0 N–H and O–H groups in total. The van der Waals surface area contributed by atoms with Crippen molar-refractivity contribution in [2.75, 3.05) is 18.6 Å². The van der Waals surface area contributed by atoms with Crippen LogP contribution in [0.3, 0.4) is 0 Å². The standard InChI is InChI=1S/C12H11ClN2O3/c1-17-11-3-2-8(6-10(11)13)15-9(7-14)4-5-18-12(15)16/h2-3,6,9H,4-5H2,1H3. The quantitative estimate of drug-likeness (QED) is 0.825. The number of methoxy groups -OCH3 is 1. The van der Waals surface area contributed by atoms with Crippen LogP contribution < -0.4 is 9.64 Å². The Kier molecular flexibility index (Phi) is 3.58. The molecular formula is C12H11ClN2O3. The number of cyclic esters (lactones) is 1. The van der Waals surface area contributed by atoms with E-state index in [9.17, 15) is 4.79 Å². The largest absolute Gasteiger partial charge is 0.495 e. The van der Waals surface area contributed by atoms with Gasteiger partial charge in [0.05, 0.1) is 30.5 Å². The third-order valence-electron chi connectivity index (χ3n) is 2.69. The first-order valence-electron chi connectivity index (χ1n) is 5.36. The Morgan fingerprint density at radius 2 is 2.39 bits per heavy atom. The molecule has 1 heterocycles. The number of nitrogens with zero attached hydrogens (tertiary/aromatic N) is 2. The fourth-order valence-electron chi connectivity index (χ4n) is 1.80. The topological polar surface area (TPSA) is 62.6 Å². The predicted molar refractivity (Wildman–Crippen MR) is 65.8 cm³/mol. The van der Waals surface area contributed by atoms with E-state index in [1.165, 1.54) is 12.0 Å². The summed E-state index contributed by atoms with van der Waals surface area (Å²) in [6.45, 7) is 0.261. The molecule has 1 atom stereocenters. The third kappa shape index (κ3) is 2.20. The minimum atomic E-state index is -0.533. The third-order valence-corrected chi connectivity index (χ3v) is 2.98. The SMILES string of the molecule is COc1ccc(N2C(=O)OCCC2C#N)cc1Cl. The number of benzene rings is 1. The summed E-state index contributed by atoms with van der Waals surface area (Å²) in [5.41, 5.74) is 0.525. The van der Waals surface area contributed by atoms with Gasteiger partial charge in [0.1, 0.15) is 11.8 Å². The Labute approximate surface area is 109 Å². The molecule has 5 nitrogen and oxygen atoms in total. The van der Waals surface area contributed by atoms with Crippen molar-refractivity contribution in [3.05, 3.63) is 23.2 Å². The molecule has 1 aromatic carbocycles. The van der Waals surface area contributed by atoms with Gasteiger partial charge >= 0.3 is 6.09 Å². The van der Waals surface area contributed by atoms with Crippen molar-refractivity contribution < 1.29 is 14.3 Å². The molecule has 0 saturated carbocycles. The molecule has 1 fully saturated rings. The van der Waals surface area contributed by atoms with Gasteiger partial charge in [0.2, 0.25) is 0 Å². The molecule has 1 amide bonds. The Morgan fingerprint density at radius 1 is 1.61 bits per heavy atom. The first kappa shape index (κ1) is 12.5. The van der Waals surface area contributed by atoms with E-state index in [2.05, 4.69) is 6.07 Å². The van der Waals surface area contributed by atoms with Gasteiger partial charge in [-0.05, 0) is 18.2 Å². The van der Waals surface area contributed by atoms with E-state index in [-0.39, 0.29) is 6.61 Å². The number of nitriles is 1. The molecule has 1 saturated heterocycles. The molecule has 1 aromatic rings. The molecular weight excluding hydrogens is 256 g/mol. The molecule has 1 aliphatic heterocycles. The summed E-state index contributed by atoms with van der Waals surface area (Å²) in [5.74, 6) is 0.513. The molecule has 2 rings (SSSR count). The predicted octanol–water partition coefficient (Wildman–Crippen LogP) is 2.59.